The first-order valence-electron chi connectivity index (χ1n) is 9.46. The van der Waals surface area contributed by atoms with Crippen LogP contribution in [-0.4, -0.2) is 20.4 Å². The van der Waals surface area contributed by atoms with Gasteiger partial charge in [0.15, 0.2) is 0 Å². The van der Waals surface area contributed by atoms with Crippen LogP contribution in [0.15, 0.2) is 71.8 Å². The van der Waals surface area contributed by atoms with Gasteiger partial charge < -0.3 is 10.1 Å². The smallest absolute Gasteiger partial charge is 0.269 e. The Balaban J connectivity index is 1.46. The van der Waals surface area contributed by atoms with Gasteiger partial charge in [-0.2, -0.15) is 0 Å². The largest absolute Gasteiger partial charge is 0.439 e. The zero-order valence-electron chi connectivity index (χ0n) is 16.6. The second-order valence-corrected chi connectivity index (χ2v) is 6.90. The van der Waals surface area contributed by atoms with E-state index in [1.807, 2.05) is 38.1 Å². The summed E-state index contributed by atoms with van der Waals surface area (Å²) in [6.45, 7) is 3.89. The number of anilines is 1. The lowest BCUT2D eigenvalue weighted by atomic mass is 10.1. The number of hydrogen-bond acceptors (Lipinski definition) is 5. The van der Waals surface area contributed by atoms with E-state index in [2.05, 4.69) is 15.3 Å². The van der Waals surface area contributed by atoms with Gasteiger partial charge in [0.25, 0.3) is 5.56 Å². The monoisotopic (exact) mass is 400 g/mol. The highest BCUT2D eigenvalue weighted by atomic mass is 16.5. The topological polar surface area (TPSA) is 86.1 Å². The third-order valence-corrected chi connectivity index (χ3v) is 4.84. The van der Waals surface area contributed by atoms with E-state index in [1.165, 1.54) is 17.0 Å². The van der Waals surface area contributed by atoms with E-state index in [9.17, 15) is 9.59 Å². The minimum absolute atomic E-state index is 0.122. The Labute approximate surface area is 173 Å². The Morgan fingerprint density at radius 1 is 1.00 bits per heavy atom. The second kappa shape index (κ2) is 8.16. The van der Waals surface area contributed by atoms with Gasteiger partial charge in [-0.25, -0.2) is 9.97 Å². The number of carbonyl (C=O) groups is 1. The maximum Gasteiger partial charge on any atom is 0.269 e. The molecule has 0 atom stereocenters. The summed E-state index contributed by atoms with van der Waals surface area (Å²) in [5.74, 6) is 0.833. The zero-order valence-corrected chi connectivity index (χ0v) is 16.6. The summed E-state index contributed by atoms with van der Waals surface area (Å²) in [6, 6.07) is 16.4. The van der Waals surface area contributed by atoms with Gasteiger partial charge in [-0.15, -0.1) is 0 Å². The highest BCUT2D eigenvalue weighted by Gasteiger charge is 2.10. The number of hydrogen-bond donors (Lipinski definition) is 1. The van der Waals surface area contributed by atoms with Crippen molar-refractivity contribution < 1.29 is 9.53 Å². The summed E-state index contributed by atoms with van der Waals surface area (Å²) < 4.78 is 7.23. The molecule has 0 bridgehead atoms. The molecule has 1 N–H and O–H groups in total. The first kappa shape index (κ1) is 19.3. The van der Waals surface area contributed by atoms with Crippen LogP contribution in [0, 0.1) is 13.8 Å². The number of rotatable bonds is 5. The third kappa shape index (κ3) is 4.05. The highest BCUT2D eigenvalue weighted by molar-refractivity contribution is 5.91. The fourth-order valence-electron chi connectivity index (χ4n) is 3.08. The van der Waals surface area contributed by atoms with Gasteiger partial charge in [-0.3, -0.25) is 14.2 Å². The highest BCUT2D eigenvalue weighted by Crippen LogP contribution is 2.26. The molecule has 0 unspecified atom stereocenters. The molecular formula is C23H20N4O3. The SMILES string of the molecule is Cc1cccc(Oc2ccc(NC(=O)Cn3c(=O)cnc4ccccc43)cn2)c1C. The summed E-state index contributed by atoms with van der Waals surface area (Å²) in [5.41, 5.74) is 3.62. The molecule has 0 saturated carbocycles. The van der Waals surface area contributed by atoms with Crippen LogP contribution in [-0.2, 0) is 11.3 Å². The molecule has 150 valence electrons. The van der Waals surface area contributed by atoms with Crippen molar-refractivity contribution in [3.8, 4) is 11.6 Å². The fraction of sp³-hybridized carbons (Fsp3) is 0.130. The van der Waals surface area contributed by atoms with E-state index in [-0.39, 0.29) is 18.0 Å². The van der Waals surface area contributed by atoms with Crippen LogP contribution in [0.2, 0.25) is 0 Å². The summed E-state index contributed by atoms with van der Waals surface area (Å²) in [6.07, 6.45) is 2.74. The normalized spacial score (nSPS) is 10.7. The number of aromatic nitrogens is 3. The predicted molar refractivity (Wildman–Crippen MR) is 115 cm³/mol. The maximum absolute atomic E-state index is 12.5. The Morgan fingerprint density at radius 2 is 1.83 bits per heavy atom. The average Bonchev–Trinajstić information content (AvgIpc) is 2.75. The van der Waals surface area contributed by atoms with Crippen LogP contribution in [0.4, 0.5) is 5.69 Å². The number of fused-ring (bicyclic) bond motifs is 1. The molecule has 0 saturated heterocycles. The van der Waals surface area contributed by atoms with Gasteiger partial charge >= 0.3 is 0 Å². The Morgan fingerprint density at radius 3 is 2.63 bits per heavy atom. The number of nitrogens with one attached hydrogen (secondary N) is 1. The molecule has 30 heavy (non-hydrogen) atoms. The van der Waals surface area contributed by atoms with Crippen molar-refractivity contribution >= 4 is 22.6 Å². The average molecular weight is 400 g/mol. The summed E-state index contributed by atoms with van der Waals surface area (Å²) in [5, 5.41) is 2.76. The lowest BCUT2D eigenvalue weighted by molar-refractivity contribution is -0.116. The maximum atomic E-state index is 12.5. The lowest BCUT2D eigenvalue weighted by Crippen LogP contribution is -2.28. The van der Waals surface area contributed by atoms with E-state index >= 15 is 0 Å². The lowest BCUT2D eigenvalue weighted by Gasteiger charge is -2.11. The fourth-order valence-corrected chi connectivity index (χ4v) is 3.08. The molecule has 0 radical (unpaired) electrons. The van der Waals surface area contributed by atoms with Gasteiger partial charge in [0.05, 0.1) is 29.1 Å². The molecule has 0 fully saturated rings. The Hall–Kier alpha value is -4.00. The quantitative estimate of drug-likeness (QED) is 0.550. The van der Waals surface area contributed by atoms with Crippen molar-refractivity contribution in [1.29, 1.82) is 0 Å². The number of pyridine rings is 1. The van der Waals surface area contributed by atoms with Crippen LogP contribution in [0.3, 0.4) is 0 Å². The van der Waals surface area contributed by atoms with E-state index in [1.54, 1.807) is 30.3 Å². The number of amides is 1. The molecule has 0 aliphatic carbocycles. The van der Waals surface area contributed by atoms with E-state index in [0.717, 1.165) is 16.9 Å². The van der Waals surface area contributed by atoms with Crippen molar-refractivity contribution in [3.05, 3.63) is 88.5 Å². The van der Waals surface area contributed by atoms with Crippen LogP contribution in [0.1, 0.15) is 11.1 Å². The number of nitrogens with zero attached hydrogens (tertiary/aromatic N) is 3. The second-order valence-electron chi connectivity index (χ2n) is 6.90. The number of benzene rings is 2. The van der Waals surface area contributed by atoms with Crippen molar-refractivity contribution in [2.45, 2.75) is 20.4 Å². The summed E-state index contributed by atoms with van der Waals surface area (Å²) >= 11 is 0. The predicted octanol–water partition coefficient (Wildman–Crippen LogP) is 3.84. The zero-order chi connectivity index (χ0) is 21.1. The van der Waals surface area contributed by atoms with Crippen molar-refractivity contribution in [2.75, 3.05) is 5.32 Å². The van der Waals surface area contributed by atoms with Gasteiger partial charge in [-0.1, -0.05) is 24.3 Å². The Kier molecular flexibility index (Phi) is 5.26. The van der Waals surface area contributed by atoms with Crippen LogP contribution >= 0.6 is 0 Å². The number of carbonyl (C=O) groups excluding carboxylic acids is 1. The minimum Gasteiger partial charge on any atom is -0.439 e. The molecule has 7 heteroatoms. The molecular weight excluding hydrogens is 380 g/mol. The number of ether oxygens (including phenoxy) is 1. The van der Waals surface area contributed by atoms with E-state index < -0.39 is 0 Å². The van der Waals surface area contributed by atoms with E-state index in [0.29, 0.717) is 22.6 Å². The van der Waals surface area contributed by atoms with Crippen LogP contribution in [0.25, 0.3) is 11.0 Å². The summed E-state index contributed by atoms with van der Waals surface area (Å²) in [7, 11) is 0. The molecule has 2 heterocycles. The molecule has 0 aliphatic heterocycles. The molecule has 2 aromatic carbocycles. The van der Waals surface area contributed by atoms with Crippen LogP contribution in [0.5, 0.6) is 11.6 Å². The van der Waals surface area contributed by atoms with Gasteiger partial charge in [0.2, 0.25) is 11.8 Å². The number of para-hydroxylation sites is 2. The standard InChI is InChI=1S/C23H20N4O3/c1-15-6-5-9-20(16(15)2)30-22-11-10-17(12-25-22)26-21(28)14-27-19-8-4-3-7-18(19)24-13-23(27)29/h3-13H,14H2,1-2H3,(H,26,28). The Bertz CT molecular complexity index is 1280. The van der Waals surface area contributed by atoms with Crippen molar-refractivity contribution in [1.82, 2.24) is 14.5 Å². The summed E-state index contributed by atoms with van der Waals surface area (Å²) in [4.78, 5) is 33.0. The third-order valence-electron chi connectivity index (χ3n) is 4.84. The minimum atomic E-state index is -0.335. The number of aryl methyl sites for hydroxylation is 1. The van der Waals surface area contributed by atoms with Gasteiger partial charge in [0.1, 0.15) is 12.3 Å². The van der Waals surface area contributed by atoms with Crippen molar-refractivity contribution in [2.24, 2.45) is 0 Å². The van der Waals surface area contributed by atoms with E-state index in [4.69, 9.17) is 4.74 Å². The molecule has 1 amide bonds. The molecule has 0 aliphatic rings. The molecule has 7 nitrogen and oxygen atoms in total. The molecule has 2 aromatic heterocycles. The van der Waals surface area contributed by atoms with Gasteiger partial charge in [-0.05, 0) is 49.2 Å². The van der Waals surface area contributed by atoms with Crippen molar-refractivity contribution in [3.63, 3.8) is 0 Å². The van der Waals surface area contributed by atoms with Crippen LogP contribution < -0.4 is 15.6 Å². The molecule has 0 spiro atoms. The van der Waals surface area contributed by atoms with Gasteiger partial charge in [0, 0.05) is 6.07 Å². The molecule has 4 aromatic rings. The first-order chi connectivity index (χ1) is 14.5. The molecule has 4 rings (SSSR count). The first-order valence-corrected chi connectivity index (χ1v) is 9.46.